The molecule has 0 atom stereocenters. The fraction of sp³-hybridized carbons (Fsp3) is 0.273. The van der Waals surface area contributed by atoms with Crippen molar-refractivity contribution in [2.24, 2.45) is 16.5 Å². The minimum absolute atomic E-state index is 0.0591. The summed E-state index contributed by atoms with van der Waals surface area (Å²) in [6, 6.07) is 5.68. The molecule has 5 nitrogen and oxygen atoms in total. The lowest BCUT2D eigenvalue weighted by molar-refractivity contribution is 1.13. The fourth-order valence-electron chi connectivity index (χ4n) is 1.35. The average Bonchev–Trinajstić information content (AvgIpc) is 2.27. The second kappa shape index (κ2) is 5.54. The molecule has 0 aliphatic carbocycles. The Morgan fingerprint density at radius 2 is 2.12 bits per heavy atom. The third kappa shape index (κ3) is 3.35. The summed E-state index contributed by atoms with van der Waals surface area (Å²) in [4.78, 5) is 5.18. The third-order valence-electron chi connectivity index (χ3n) is 2.33. The highest BCUT2D eigenvalue weighted by Gasteiger charge is 2.10. The Labute approximate surface area is 106 Å². The number of nitrogens with two attached hydrogens (primary N) is 2. The Hall–Kier alpha value is -1.75. The van der Waals surface area contributed by atoms with Crippen molar-refractivity contribution in [3.8, 4) is 0 Å². The number of nitrogens with one attached hydrogen (secondary N) is 1. The highest BCUT2D eigenvalue weighted by molar-refractivity contribution is 6.34. The van der Waals surface area contributed by atoms with Gasteiger partial charge in [0, 0.05) is 7.05 Å². The summed E-state index contributed by atoms with van der Waals surface area (Å²) in [6.07, 6.45) is 0.912. The third-order valence-corrected chi connectivity index (χ3v) is 2.64. The van der Waals surface area contributed by atoms with Crippen LogP contribution in [0, 0.1) is 5.41 Å². The Balaban J connectivity index is 3.00. The van der Waals surface area contributed by atoms with Gasteiger partial charge in [0.2, 0.25) is 5.96 Å². The second-order valence-corrected chi connectivity index (χ2v) is 3.97. The molecule has 0 aliphatic heterocycles. The van der Waals surface area contributed by atoms with Crippen molar-refractivity contribution in [2.75, 3.05) is 11.9 Å². The van der Waals surface area contributed by atoms with Gasteiger partial charge >= 0.3 is 0 Å². The van der Waals surface area contributed by atoms with Gasteiger partial charge in [-0.05, 0) is 24.1 Å². The molecule has 0 unspecified atom stereocenters. The number of rotatable bonds is 2. The van der Waals surface area contributed by atoms with Gasteiger partial charge in [0.25, 0.3) is 0 Å². The van der Waals surface area contributed by atoms with Crippen LogP contribution < -0.4 is 16.4 Å². The molecular formula is C11H16ClN5. The SMILES string of the molecule is CCc1ccc(N(C)C(=N)N=C(N)N)c(Cl)c1. The lowest BCUT2D eigenvalue weighted by atomic mass is 10.1. The number of guanidine groups is 2. The molecule has 0 fully saturated rings. The molecule has 0 aromatic heterocycles. The van der Waals surface area contributed by atoms with Gasteiger partial charge in [0.15, 0.2) is 5.96 Å². The van der Waals surface area contributed by atoms with Crippen LogP contribution in [-0.2, 0) is 6.42 Å². The molecule has 0 spiro atoms. The van der Waals surface area contributed by atoms with Crippen LogP contribution >= 0.6 is 11.6 Å². The van der Waals surface area contributed by atoms with Gasteiger partial charge in [-0.15, -0.1) is 0 Å². The Morgan fingerprint density at radius 1 is 1.47 bits per heavy atom. The van der Waals surface area contributed by atoms with Crippen LogP contribution in [-0.4, -0.2) is 19.0 Å². The van der Waals surface area contributed by atoms with E-state index in [1.165, 1.54) is 4.90 Å². The van der Waals surface area contributed by atoms with Gasteiger partial charge in [0.05, 0.1) is 10.7 Å². The maximum atomic E-state index is 7.68. The van der Waals surface area contributed by atoms with Gasteiger partial charge in [-0.1, -0.05) is 24.6 Å². The largest absolute Gasteiger partial charge is 0.370 e. The van der Waals surface area contributed by atoms with E-state index >= 15 is 0 Å². The molecule has 1 aromatic carbocycles. The molecule has 0 bridgehead atoms. The number of aliphatic imine (C=N–C) groups is 1. The Morgan fingerprint density at radius 3 is 2.59 bits per heavy atom. The van der Waals surface area contributed by atoms with Gasteiger partial charge in [-0.25, -0.2) is 0 Å². The summed E-state index contributed by atoms with van der Waals surface area (Å²) in [7, 11) is 1.68. The van der Waals surface area contributed by atoms with Crippen LogP contribution in [0.3, 0.4) is 0 Å². The fourth-order valence-corrected chi connectivity index (χ4v) is 1.68. The number of anilines is 1. The van der Waals surface area contributed by atoms with Crippen molar-refractivity contribution >= 4 is 29.2 Å². The summed E-state index contributed by atoms with van der Waals surface area (Å²) >= 11 is 6.13. The second-order valence-electron chi connectivity index (χ2n) is 3.56. The molecule has 0 saturated carbocycles. The van der Waals surface area contributed by atoms with E-state index in [0.29, 0.717) is 10.7 Å². The zero-order valence-electron chi connectivity index (χ0n) is 9.87. The average molecular weight is 254 g/mol. The van der Waals surface area contributed by atoms with Crippen molar-refractivity contribution in [3.05, 3.63) is 28.8 Å². The van der Waals surface area contributed by atoms with Gasteiger partial charge in [-0.2, -0.15) is 4.99 Å². The van der Waals surface area contributed by atoms with Crippen molar-refractivity contribution in [2.45, 2.75) is 13.3 Å². The minimum Gasteiger partial charge on any atom is -0.370 e. The van der Waals surface area contributed by atoms with E-state index in [2.05, 4.69) is 11.9 Å². The Kier molecular flexibility index (Phi) is 4.34. The van der Waals surface area contributed by atoms with E-state index in [9.17, 15) is 0 Å². The van der Waals surface area contributed by atoms with E-state index < -0.39 is 0 Å². The van der Waals surface area contributed by atoms with Crippen LogP contribution in [0.25, 0.3) is 0 Å². The number of hydrogen-bond donors (Lipinski definition) is 3. The summed E-state index contributed by atoms with van der Waals surface area (Å²) in [5.74, 6) is -0.209. The van der Waals surface area contributed by atoms with Crippen molar-refractivity contribution < 1.29 is 0 Å². The molecule has 0 saturated heterocycles. The molecule has 17 heavy (non-hydrogen) atoms. The maximum Gasteiger partial charge on any atom is 0.225 e. The standard InChI is InChI=1S/C11H16ClN5/c1-3-7-4-5-9(8(12)6-7)17(2)11(15)16-10(13)14/h4-6H,3H2,1-2H3,(H5,13,14,15,16). The van der Waals surface area contributed by atoms with E-state index in [1.54, 1.807) is 7.05 Å². The van der Waals surface area contributed by atoms with Crippen molar-refractivity contribution in [3.63, 3.8) is 0 Å². The maximum absolute atomic E-state index is 7.68. The van der Waals surface area contributed by atoms with E-state index in [4.69, 9.17) is 28.5 Å². The quantitative estimate of drug-likeness (QED) is 0.552. The first-order chi connectivity index (χ1) is 7.95. The number of aryl methyl sites for hydroxylation is 1. The summed E-state index contributed by atoms with van der Waals surface area (Å²) in [5.41, 5.74) is 12.3. The molecule has 92 valence electrons. The summed E-state index contributed by atoms with van der Waals surface area (Å²) in [6.45, 7) is 2.05. The molecule has 1 rings (SSSR count). The van der Waals surface area contributed by atoms with Gasteiger partial charge < -0.3 is 16.4 Å². The first kappa shape index (κ1) is 13.3. The smallest absolute Gasteiger partial charge is 0.225 e. The molecule has 0 heterocycles. The number of hydrogen-bond acceptors (Lipinski definition) is 1. The number of benzene rings is 1. The zero-order valence-corrected chi connectivity index (χ0v) is 10.6. The predicted molar refractivity (Wildman–Crippen MR) is 72.8 cm³/mol. The molecule has 6 heteroatoms. The van der Waals surface area contributed by atoms with Crippen LogP contribution in [0.2, 0.25) is 5.02 Å². The monoisotopic (exact) mass is 253 g/mol. The van der Waals surface area contributed by atoms with Gasteiger partial charge in [0.1, 0.15) is 0 Å². The predicted octanol–water partition coefficient (Wildman–Crippen LogP) is 1.55. The Bertz CT molecular complexity index is 451. The highest BCUT2D eigenvalue weighted by atomic mass is 35.5. The molecule has 0 radical (unpaired) electrons. The van der Waals surface area contributed by atoms with Crippen LogP contribution in [0.15, 0.2) is 23.2 Å². The summed E-state index contributed by atoms with van der Waals surface area (Å²) in [5, 5.41) is 8.25. The van der Waals surface area contributed by atoms with E-state index in [-0.39, 0.29) is 11.9 Å². The van der Waals surface area contributed by atoms with Crippen LogP contribution in [0.1, 0.15) is 12.5 Å². The molecule has 0 amide bonds. The number of halogens is 1. The zero-order chi connectivity index (χ0) is 13.0. The van der Waals surface area contributed by atoms with Crippen molar-refractivity contribution in [1.29, 1.82) is 5.41 Å². The van der Waals surface area contributed by atoms with Gasteiger partial charge in [-0.3, -0.25) is 5.41 Å². The lowest BCUT2D eigenvalue weighted by Gasteiger charge is -2.18. The lowest BCUT2D eigenvalue weighted by Crippen LogP contribution is -2.30. The number of nitrogens with zero attached hydrogens (tertiary/aromatic N) is 2. The highest BCUT2D eigenvalue weighted by Crippen LogP contribution is 2.26. The molecule has 1 aromatic rings. The first-order valence-electron chi connectivity index (χ1n) is 5.16. The molecule has 5 N–H and O–H groups in total. The first-order valence-corrected chi connectivity index (χ1v) is 5.53. The summed E-state index contributed by atoms with van der Waals surface area (Å²) < 4.78 is 0. The normalized spacial score (nSPS) is 9.82. The minimum atomic E-state index is -0.150. The molecule has 0 aliphatic rings. The van der Waals surface area contributed by atoms with E-state index in [0.717, 1.165) is 12.0 Å². The van der Waals surface area contributed by atoms with Crippen LogP contribution in [0.4, 0.5) is 5.69 Å². The van der Waals surface area contributed by atoms with Crippen LogP contribution in [0.5, 0.6) is 0 Å². The van der Waals surface area contributed by atoms with E-state index in [1.807, 2.05) is 18.2 Å². The van der Waals surface area contributed by atoms with Crippen molar-refractivity contribution in [1.82, 2.24) is 0 Å². The topological polar surface area (TPSA) is 91.5 Å². The molecular weight excluding hydrogens is 238 g/mol.